The van der Waals surface area contributed by atoms with Crippen LogP contribution in [0.15, 0.2) is 24.5 Å². The van der Waals surface area contributed by atoms with Crippen molar-refractivity contribution in [2.24, 2.45) is 0 Å². The Labute approximate surface area is 110 Å². The summed E-state index contributed by atoms with van der Waals surface area (Å²) in [5, 5.41) is 3.39. The van der Waals surface area contributed by atoms with Gasteiger partial charge < -0.3 is 15.1 Å². The Bertz CT molecular complexity index is 322. The molecule has 0 bridgehead atoms. The van der Waals surface area contributed by atoms with E-state index in [2.05, 4.69) is 33.2 Å². The van der Waals surface area contributed by atoms with Crippen LogP contribution < -0.4 is 10.2 Å². The predicted octanol–water partition coefficient (Wildman–Crippen LogP) is 1.20. The van der Waals surface area contributed by atoms with E-state index < -0.39 is 0 Å². The maximum absolute atomic E-state index is 4.15. The first kappa shape index (κ1) is 13.3. The second-order valence-corrected chi connectivity index (χ2v) is 4.93. The smallest absolute Gasteiger partial charge is 0.0550 e. The van der Waals surface area contributed by atoms with Crippen LogP contribution in [0.5, 0.6) is 0 Å². The molecule has 0 atom stereocenters. The van der Waals surface area contributed by atoms with Crippen LogP contribution in [0.4, 0.5) is 5.69 Å². The van der Waals surface area contributed by atoms with Crippen molar-refractivity contribution in [3.05, 3.63) is 24.5 Å². The van der Waals surface area contributed by atoms with Gasteiger partial charge >= 0.3 is 0 Å². The molecular weight excluding hydrogens is 224 g/mol. The molecule has 1 aromatic heterocycles. The maximum Gasteiger partial charge on any atom is 0.0550 e. The topological polar surface area (TPSA) is 31.4 Å². The normalized spacial score (nSPS) is 16.7. The fraction of sp³-hybridized carbons (Fsp3) is 0.643. The van der Waals surface area contributed by atoms with Gasteiger partial charge in [-0.25, -0.2) is 0 Å². The molecule has 1 aromatic rings. The minimum absolute atomic E-state index is 1.11. The summed E-state index contributed by atoms with van der Waals surface area (Å²) < 4.78 is 0. The highest BCUT2D eigenvalue weighted by Crippen LogP contribution is 2.10. The lowest BCUT2D eigenvalue weighted by Gasteiger charge is -2.27. The third-order valence-electron chi connectivity index (χ3n) is 3.51. The molecule has 1 saturated heterocycles. The van der Waals surface area contributed by atoms with Gasteiger partial charge in [-0.2, -0.15) is 0 Å². The van der Waals surface area contributed by atoms with E-state index in [9.17, 15) is 0 Å². The molecule has 1 aliphatic heterocycles. The van der Waals surface area contributed by atoms with Crippen molar-refractivity contribution in [1.82, 2.24) is 15.2 Å². The number of pyridine rings is 1. The van der Waals surface area contributed by atoms with Gasteiger partial charge in [0.05, 0.1) is 11.9 Å². The molecule has 0 unspecified atom stereocenters. The van der Waals surface area contributed by atoms with E-state index in [4.69, 9.17) is 0 Å². The minimum Gasteiger partial charge on any atom is -0.373 e. The number of hydrogen-bond acceptors (Lipinski definition) is 4. The highest BCUT2D eigenvalue weighted by molar-refractivity contribution is 5.42. The zero-order chi connectivity index (χ0) is 12.6. The van der Waals surface area contributed by atoms with Gasteiger partial charge in [0.15, 0.2) is 0 Å². The van der Waals surface area contributed by atoms with Crippen LogP contribution in [-0.4, -0.2) is 56.2 Å². The molecule has 0 radical (unpaired) electrons. The van der Waals surface area contributed by atoms with E-state index in [0.717, 1.165) is 19.6 Å². The molecule has 0 aliphatic carbocycles. The Balaban J connectivity index is 1.60. The fourth-order valence-electron chi connectivity index (χ4n) is 2.33. The van der Waals surface area contributed by atoms with Gasteiger partial charge in [0.1, 0.15) is 0 Å². The molecule has 4 heteroatoms. The Hall–Kier alpha value is -1.13. The summed E-state index contributed by atoms with van der Waals surface area (Å²) >= 11 is 0. The quantitative estimate of drug-likeness (QED) is 0.767. The second kappa shape index (κ2) is 7.34. The molecular formula is C14H24N4. The van der Waals surface area contributed by atoms with Crippen molar-refractivity contribution < 1.29 is 0 Å². The van der Waals surface area contributed by atoms with E-state index in [-0.39, 0.29) is 0 Å². The van der Waals surface area contributed by atoms with Gasteiger partial charge in [-0.1, -0.05) is 0 Å². The predicted molar refractivity (Wildman–Crippen MR) is 76.1 cm³/mol. The number of unbranched alkanes of at least 4 members (excludes halogenated alkanes) is 1. The number of anilines is 1. The Morgan fingerprint density at radius 2 is 2.17 bits per heavy atom. The largest absolute Gasteiger partial charge is 0.373 e. The van der Waals surface area contributed by atoms with Gasteiger partial charge in [0.25, 0.3) is 0 Å². The number of piperazine rings is 1. The average molecular weight is 248 g/mol. The van der Waals surface area contributed by atoms with Crippen LogP contribution in [0, 0.1) is 0 Å². The van der Waals surface area contributed by atoms with Crippen LogP contribution in [-0.2, 0) is 0 Å². The average Bonchev–Trinajstić information content (AvgIpc) is 2.45. The third-order valence-corrected chi connectivity index (χ3v) is 3.51. The zero-order valence-corrected chi connectivity index (χ0v) is 11.3. The van der Waals surface area contributed by atoms with Crippen molar-refractivity contribution in [2.45, 2.75) is 12.8 Å². The van der Waals surface area contributed by atoms with Crippen molar-refractivity contribution in [3.8, 4) is 0 Å². The van der Waals surface area contributed by atoms with Crippen LogP contribution in [0.25, 0.3) is 0 Å². The number of hydrogen-bond donors (Lipinski definition) is 1. The van der Waals surface area contributed by atoms with E-state index in [1.54, 1.807) is 0 Å². The summed E-state index contributed by atoms with van der Waals surface area (Å²) in [7, 11) is 2.14. The Morgan fingerprint density at radius 1 is 1.33 bits per heavy atom. The highest BCUT2D eigenvalue weighted by atomic mass is 15.2. The SMILES string of the molecule is CN(CCCCN1CCNCC1)c1cccnc1. The number of nitrogens with one attached hydrogen (secondary N) is 1. The van der Waals surface area contributed by atoms with E-state index in [1.165, 1.54) is 38.2 Å². The molecule has 1 aliphatic rings. The molecule has 100 valence electrons. The zero-order valence-electron chi connectivity index (χ0n) is 11.3. The summed E-state index contributed by atoms with van der Waals surface area (Å²) in [6, 6.07) is 4.11. The molecule has 1 fully saturated rings. The molecule has 0 aromatic carbocycles. The Kier molecular flexibility index (Phi) is 5.42. The van der Waals surface area contributed by atoms with E-state index in [0.29, 0.717) is 0 Å². The summed E-state index contributed by atoms with van der Waals surface area (Å²) in [4.78, 5) is 8.99. The minimum atomic E-state index is 1.11. The molecule has 18 heavy (non-hydrogen) atoms. The summed E-state index contributed by atoms with van der Waals surface area (Å²) in [5.74, 6) is 0. The van der Waals surface area contributed by atoms with Crippen LogP contribution in [0.2, 0.25) is 0 Å². The Morgan fingerprint density at radius 3 is 2.89 bits per heavy atom. The highest BCUT2D eigenvalue weighted by Gasteiger charge is 2.08. The lowest BCUT2D eigenvalue weighted by Crippen LogP contribution is -2.43. The molecule has 2 rings (SSSR count). The van der Waals surface area contributed by atoms with Crippen molar-refractivity contribution in [1.29, 1.82) is 0 Å². The van der Waals surface area contributed by atoms with Gasteiger partial charge in [-0.3, -0.25) is 4.98 Å². The maximum atomic E-state index is 4.15. The van der Waals surface area contributed by atoms with Crippen LogP contribution in [0.3, 0.4) is 0 Å². The standard InChI is InChI=1S/C14H24N4/c1-17(14-5-4-6-16-13-14)9-2-3-10-18-11-7-15-8-12-18/h4-6,13,15H,2-3,7-12H2,1H3. The number of aromatic nitrogens is 1. The van der Waals surface area contributed by atoms with Gasteiger partial charge in [0, 0.05) is 46.0 Å². The van der Waals surface area contributed by atoms with Crippen molar-refractivity contribution in [2.75, 3.05) is 51.2 Å². The first-order chi connectivity index (χ1) is 8.86. The molecule has 1 N–H and O–H groups in total. The first-order valence-electron chi connectivity index (χ1n) is 6.90. The van der Waals surface area contributed by atoms with Crippen LogP contribution >= 0.6 is 0 Å². The molecule has 0 spiro atoms. The van der Waals surface area contributed by atoms with E-state index >= 15 is 0 Å². The van der Waals surface area contributed by atoms with Crippen molar-refractivity contribution in [3.63, 3.8) is 0 Å². The molecule has 2 heterocycles. The summed E-state index contributed by atoms with van der Waals surface area (Å²) in [5.41, 5.74) is 1.21. The molecule has 0 amide bonds. The first-order valence-corrected chi connectivity index (χ1v) is 6.90. The monoisotopic (exact) mass is 248 g/mol. The third kappa shape index (κ3) is 4.27. The lowest BCUT2D eigenvalue weighted by atomic mass is 10.2. The van der Waals surface area contributed by atoms with Crippen LogP contribution in [0.1, 0.15) is 12.8 Å². The molecule has 4 nitrogen and oxygen atoms in total. The van der Waals surface area contributed by atoms with Gasteiger partial charge in [-0.15, -0.1) is 0 Å². The number of rotatable bonds is 6. The summed E-state index contributed by atoms with van der Waals surface area (Å²) in [6.45, 7) is 7.06. The van der Waals surface area contributed by atoms with Crippen molar-refractivity contribution >= 4 is 5.69 Å². The fourth-order valence-corrected chi connectivity index (χ4v) is 2.33. The second-order valence-electron chi connectivity index (χ2n) is 4.93. The van der Waals surface area contributed by atoms with Gasteiger partial charge in [-0.05, 0) is 31.5 Å². The van der Waals surface area contributed by atoms with Gasteiger partial charge in [0.2, 0.25) is 0 Å². The molecule has 0 saturated carbocycles. The van der Waals surface area contributed by atoms with E-state index in [1.807, 2.05) is 18.5 Å². The lowest BCUT2D eigenvalue weighted by molar-refractivity contribution is 0.237. The summed E-state index contributed by atoms with van der Waals surface area (Å²) in [6.07, 6.45) is 6.28. The number of nitrogens with zero attached hydrogens (tertiary/aromatic N) is 3.